The van der Waals surface area contributed by atoms with Gasteiger partial charge in [-0.05, 0) is 29.9 Å². The van der Waals surface area contributed by atoms with E-state index in [2.05, 4.69) is 6.92 Å². The Bertz CT molecular complexity index is 448. The molecule has 1 aromatic rings. The summed E-state index contributed by atoms with van der Waals surface area (Å²) in [4.78, 5) is 0. The molecule has 0 N–H and O–H groups in total. The van der Waals surface area contributed by atoms with Gasteiger partial charge >= 0.3 is 0 Å². The zero-order chi connectivity index (χ0) is 14.0. The summed E-state index contributed by atoms with van der Waals surface area (Å²) < 4.78 is 10.6. The van der Waals surface area contributed by atoms with Crippen molar-refractivity contribution in [3.05, 3.63) is 22.7 Å². The lowest BCUT2D eigenvalue weighted by atomic mass is 9.90. The number of methoxy groups -OCH3 is 2. The zero-order valence-electron chi connectivity index (χ0n) is 11.6. The Morgan fingerprint density at radius 2 is 1.79 bits per heavy atom. The molecule has 1 fully saturated rings. The highest BCUT2D eigenvalue weighted by atomic mass is 35.5. The van der Waals surface area contributed by atoms with Crippen molar-refractivity contribution >= 4 is 23.2 Å². The van der Waals surface area contributed by atoms with Crippen LogP contribution in [0.4, 0.5) is 0 Å². The van der Waals surface area contributed by atoms with Crippen molar-refractivity contribution in [3.8, 4) is 11.5 Å². The van der Waals surface area contributed by atoms with Crippen LogP contribution in [0.15, 0.2) is 12.1 Å². The summed E-state index contributed by atoms with van der Waals surface area (Å²) in [5.41, 5.74) is 0.944. The van der Waals surface area contributed by atoms with Gasteiger partial charge in [0.15, 0.2) is 11.5 Å². The standard InChI is InChI=1S/C15H20Cl2O2/c1-9-5-4-6-10(9)15(17)11-7-13(18-2)14(19-3)8-12(11)16/h7-10,15H,4-6H2,1-3H3. The smallest absolute Gasteiger partial charge is 0.162 e. The minimum Gasteiger partial charge on any atom is -0.493 e. The highest BCUT2D eigenvalue weighted by molar-refractivity contribution is 6.33. The lowest BCUT2D eigenvalue weighted by Gasteiger charge is -2.23. The lowest BCUT2D eigenvalue weighted by Crippen LogP contribution is -2.11. The molecule has 1 aliphatic rings. The van der Waals surface area contributed by atoms with Crippen LogP contribution in [0.2, 0.25) is 5.02 Å². The van der Waals surface area contributed by atoms with Gasteiger partial charge in [-0.1, -0.05) is 31.4 Å². The van der Waals surface area contributed by atoms with Gasteiger partial charge in [-0.2, -0.15) is 0 Å². The molecule has 2 rings (SSSR count). The minimum absolute atomic E-state index is 0.0650. The normalized spacial score (nSPS) is 24.3. The third kappa shape index (κ3) is 2.95. The molecule has 1 aromatic carbocycles. The Labute approximate surface area is 125 Å². The summed E-state index contributed by atoms with van der Waals surface area (Å²) >= 11 is 13.0. The molecule has 3 unspecified atom stereocenters. The maximum absolute atomic E-state index is 6.66. The molecule has 0 heterocycles. The molecule has 1 aliphatic carbocycles. The van der Waals surface area contributed by atoms with Crippen LogP contribution in [-0.2, 0) is 0 Å². The van der Waals surface area contributed by atoms with Gasteiger partial charge < -0.3 is 9.47 Å². The predicted molar refractivity (Wildman–Crippen MR) is 79.7 cm³/mol. The largest absolute Gasteiger partial charge is 0.493 e. The number of rotatable bonds is 4. The number of halogens is 2. The maximum atomic E-state index is 6.66. The summed E-state index contributed by atoms with van der Waals surface area (Å²) in [5, 5.41) is 0.585. The molecule has 0 aliphatic heterocycles. The molecule has 106 valence electrons. The van der Waals surface area contributed by atoms with Gasteiger partial charge in [-0.3, -0.25) is 0 Å². The molecule has 0 saturated heterocycles. The van der Waals surface area contributed by atoms with Crippen LogP contribution < -0.4 is 9.47 Å². The fourth-order valence-corrected chi connectivity index (χ4v) is 3.80. The predicted octanol–water partition coefficient (Wildman–Crippen LogP) is 5.07. The second kappa shape index (κ2) is 6.23. The van der Waals surface area contributed by atoms with E-state index in [-0.39, 0.29) is 5.38 Å². The van der Waals surface area contributed by atoms with E-state index in [0.717, 1.165) is 5.56 Å². The molecule has 3 atom stereocenters. The van der Waals surface area contributed by atoms with Crippen molar-refractivity contribution in [1.82, 2.24) is 0 Å². The molecular formula is C15H20Cl2O2. The Morgan fingerprint density at radius 3 is 2.32 bits per heavy atom. The Kier molecular flexibility index (Phi) is 4.86. The van der Waals surface area contributed by atoms with Crippen molar-refractivity contribution < 1.29 is 9.47 Å². The first kappa shape index (κ1) is 14.8. The van der Waals surface area contributed by atoms with E-state index < -0.39 is 0 Å². The number of benzene rings is 1. The van der Waals surface area contributed by atoms with Crippen LogP contribution in [0, 0.1) is 11.8 Å². The summed E-state index contributed by atoms with van der Waals surface area (Å²) in [7, 11) is 3.22. The lowest BCUT2D eigenvalue weighted by molar-refractivity contribution is 0.353. The van der Waals surface area contributed by atoms with Crippen molar-refractivity contribution in [2.75, 3.05) is 14.2 Å². The number of hydrogen-bond acceptors (Lipinski definition) is 2. The van der Waals surface area contributed by atoms with Gasteiger partial charge in [0.05, 0.1) is 19.6 Å². The van der Waals surface area contributed by atoms with Crippen LogP contribution in [0.5, 0.6) is 11.5 Å². The van der Waals surface area contributed by atoms with E-state index in [9.17, 15) is 0 Å². The van der Waals surface area contributed by atoms with Gasteiger partial charge in [0.25, 0.3) is 0 Å². The van der Waals surface area contributed by atoms with Crippen LogP contribution in [-0.4, -0.2) is 14.2 Å². The van der Waals surface area contributed by atoms with Gasteiger partial charge in [0.2, 0.25) is 0 Å². The molecule has 2 nitrogen and oxygen atoms in total. The van der Waals surface area contributed by atoms with E-state index >= 15 is 0 Å². The van der Waals surface area contributed by atoms with Crippen molar-refractivity contribution in [3.63, 3.8) is 0 Å². The molecule has 0 spiro atoms. The average Bonchev–Trinajstić information content (AvgIpc) is 2.83. The Morgan fingerprint density at radius 1 is 1.16 bits per heavy atom. The summed E-state index contributed by atoms with van der Waals surface area (Å²) in [6.07, 6.45) is 3.67. The fraction of sp³-hybridized carbons (Fsp3) is 0.600. The topological polar surface area (TPSA) is 18.5 Å². The third-order valence-electron chi connectivity index (χ3n) is 4.10. The van der Waals surface area contributed by atoms with Crippen molar-refractivity contribution in [1.29, 1.82) is 0 Å². The number of hydrogen-bond donors (Lipinski definition) is 0. The minimum atomic E-state index is -0.0650. The Hall–Kier alpha value is -0.600. The van der Waals surface area contributed by atoms with E-state index in [1.165, 1.54) is 19.3 Å². The van der Waals surface area contributed by atoms with E-state index in [0.29, 0.717) is 28.4 Å². The first-order valence-electron chi connectivity index (χ1n) is 6.64. The zero-order valence-corrected chi connectivity index (χ0v) is 13.1. The number of alkyl halides is 1. The van der Waals surface area contributed by atoms with E-state index in [1.807, 2.05) is 6.07 Å². The van der Waals surface area contributed by atoms with Gasteiger partial charge in [-0.25, -0.2) is 0 Å². The monoisotopic (exact) mass is 302 g/mol. The van der Waals surface area contributed by atoms with E-state index in [1.54, 1.807) is 20.3 Å². The highest BCUT2D eigenvalue weighted by Crippen LogP contribution is 2.47. The molecule has 0 bridgehead atoms. The van der Waals surface area contributed by atoms with Crippen molar-refractivity contribution in [2.24, 2.45) is 11.8 Å². The Balaban J connectivity index is 2.33. The van der Waals surface area contributed by atoms with Gasteiger partial charge in [0, 0.05) is 11.1 Å². The van der Waals surface area contributed by atoms with Crippen LogP contribution in [0.1, 0.15) is 37.1 Å². The van der Waals surface area contributed by atoms with Gasteiger partial charge in [0.1, 0.15) is 0 Å². The van der Waals surface area contributed by atoms with Gasteiger partial charge in [-0.15, -0.1) is 11.6 Å². The van der Waals surface area contributed by atoms with E-state index in [4.69, 9.17) is 32.7 Å². The van der Waals surface area contributed by atoms with Crippen LogP contribution in [0.25, 0.3) is 0 Å². The first-order valence-corrected chi connectivity index (χ1v) is 7.45. The quantitative estimate of drug-likeness (QED) is 0.723. The molecular weight excluding hydrogens is 283 g/mol. The summed E-state index contributed by atoms with van der Waals surface area (Å²) in [6, 6.07) is 3.69. The third-order valence-corrected chi connectivity index (χ3v) is 4.99. The van der Waals surface area contributed by atoms with Crippen LogP contribution >= 0.6 is 23.2 Å². The number of ether oxygens (including phenoxy) is 2. The molecule has 0 amide bonds. The van der Waals surface area contributed by atoms with Crippen LogP contribution in [0.3, 0.4) is 0 Å². The highest BCUT2D eigenvalue weighted by Gasteiger charge is 2.32. The SMILES string of the molecule is COc1cc(Cl)c(C(Cl)C2CCCC2C)cc1OC. The molecule has 19 heavy (non-hydrogen) atoms. The molecule has 0 radical (unpaired) electrons. The maximum Gasteiger partial charge on any atom is 0.162 e. The molecule has 0 aromatic heterocycles. The molecule has 1 saturated carbocycles. The summed E-state index contributed by atoms with van der Waals surface area (Å²) in [5.74, 6) is 2.45. The molecule has 4 heteroatoms. The first-order chi connectivity index (χ1) is 9.08. The average molecular weight is 303 g/mol. The fourth-order valence-electron chi connectivity index (χ4n) is 2.92. The summed E-state index contributed by atoms with van der Waals surface area (Å²) in [6.45, 7) is 2.27. The van der Waals surface area contributed by atoms with Crippen molar-refractivity contribution in [2.45, 2.75) is 31.6 Å². The second-order valence-corrected chi connectivity index (χ2v) is 6.08. The second-order valence-electron chi connectivity index (χ2n) is 5.20.